The van der Waals surface area contributed by atoms with E-state index in [2.05, 4.69) is 10.1 Å². The van der Waals surface area contributed by atoms with E-state index in [0.29, 0.717) is 17.9 Å². The van der Waals surface area contributed by atoms with Gasteiger partial charge in [-0.3, -0.25) is 10.1 Å². The number of hydrogen-bond donors (Lipinski definition) is 1. The third kappa shape index (κ3) is 2.35. The lowest BCUT2D eigenvalue weighted by atomic mass is 10.2. The maximum Gasteiger partial charge on any atom is 0.270 e. The summed E-state index contributed by atoms with van der Waals surface area (Å²) in [7, 11) is 0. The molecule has 0 saturated heterocycles. The van der Waals surface area contributed by atoms with E-state index in [0.717, 1.165) is 0 Å². The summed E-state index contributed by atoms with van der Waals surface area (Å²) in [5.41, 5.74) is 6.18. The molecule has 0 aliphatic carbocycles. The largest absolute Gasteiger partial charge is 0.328 e. The molecule has 0 fully saturated rings. The lowest BCUT2D eigenvalue weighted by Gasteiger charge is -2.06. The molecule has 0 saturated carbocycles. The van der Waals surface area contributed by atoms with Crippen molar-refractivity contribution in [3.8, 4) is 11.4 Å². The highest BCUT2D eigenvalue weighted by atomic mass is 16.6. The highest BCUT2D eigenvalue weighted by Gasteiger charge is 2.11. The Hall–Kier alpha value is -2.28. The van der Waals surface area contributed by atoms with Crippen molar-refractivity contribution in [1.29, 1.82) is 0 Å². The average Bonchev–Trinajstić information content (AvgIpc) is 2.87. The number of non-ortho nitro benzene ring substituents is 1. The number of rotatable bonds is 4. The SMILES string of the molecule is CC(CN)n1cnc(-c2cccc([N+](=O)[O-])c2)n1. The molecule has 1 atom stereocenters. The molecule has 1 aromatic heterocycles. The molecule has 18 heavy (non-hydrogen) atoms. The molecule has 0 bridgehead atoms. The third-order valence-corrected chi connectivity index (χ3v) is 2.62. The Morgan fingerprint density at radius 3 is 3.00 bits per heavy atom. The number of aromatic nitrogens is 3. The summed E-state index contributed by atoms with van der Waals surface area (Å²) in [6, 6.07) is 6.28. The van der Waals surface area contributed by atoms with Crippen LogP contribution < -0.4 is 5.73 Å². The van der Waals surface area contributed by atoms with Crippen LogP contribution in [0, 0.1) is 10.1 Å². The van der Waals surface area contributed by atoms with Gasteiger partial charge < -0.3 is 5.73 Å². The van der Waals surface area contributed by atoms with Crippen LogP contribution in [-0.4, -0.2) is 26.2 Å². The minimum Gasteiger partial charge on any atom is -0.328 e. The fourth-order valence-corrected chi connectivity index (χ4v) is 1.49. The summed E-state index contributed by atoms with van der Waals surface area (Å²) in [4.78, 5) is 14.4. The van der Waals surface area contributed by atoms with E-state index in [-0.39, 0.29) is 11.7 Å². The van der Waals surface area contributed by atoms with Crippen molar-refractivity contribution < 1.29 is 4.92 Å². The maximum absolute atomic E-state index is 10.7. The van der Waals surface area contributed by atoms with Crippen LogP contribution in [0.25, 0.3) is 11.4 Å². The lowest BCUT2D eigenvalue weighted by molar-refractivity contribution is -0.384. The Morgan fingerprint density at radius 1 is 1.56 bits per heavy atom. The van der Waals surface area contributed by atoms with Gasteiger partial charge in [-0.15, -0.1) is 0 Å². The molecule has 2 aromatic rings. The Morgan fingerprint density at radius 2 is 2.33 bits per heavy atom. The number of nitro benzene ring substituents is 1. The molecule has 1 unspecified atom stereocenters. The van der Waals surface area contributed by atoms with E-state index in [1.54, 1.807) is 23.1 Å². The predicted molar refractivity (Wildman–Crippen MR) is 65.9 cm³/mol. The van der Waals surface area contributed by atoms with E-state index < -0.39 is 4.92 Å². The Labute approximate surface area is 103 Å². The highest BCUT2D eigenvalue weighted by molar-refractivity contribution is 5.58. The van der Waals surface area contributed by atoms with Crippen molar-refractivity contribution in [2.75, 3.05) is 6.54 Å². The molecule has 2 N–H and O–H groups in total. The van der Waals surface area contributed by atoms with Crippen LogP contribution in [0.3, 0.4) is 0 Å². The zero-order chi connectivity index (χ0) is 13.1. The molecule has 0 radical (unpaired) electrons. The standard InChI is InChI=1S/C11H13N5O2/c1-8(6-12)15-7-13-11(14-15)9-3-2-4-10(5-9)16(17)18/h2-5,7-8H,6,12H2,1H3. The minimum absolute atomic E-state index is 0.0238. The molecule has 94 valence electrons. The van der Waals surface area contributed by atoms with Crippen LogP contribution >= 0.6 is 0 Å². The Balaban J connectivity index is 2.34. The molecule has 1 heterocycles. The van der Waals surface area contributed by atoms with Gasteiger partial charge in [0.25, 0.3) is 5.69 Å². The average molecular weight is 247 g/mol. The zero-order valence-corrected chi connectivity index (χ0v) is 9.85. The minimum atomic E-state index is -0.441. The van der Waals surface area contributed by atoms with Gasteiger partial charge in [0.15, 0.2) is 5.82 Å². The molecule has 2 rings (SSSR count). The van der Waals surface area contributed by atoms with Gasteiger partial charge in [-0.2, -0.15) is 5.10 Å². The molecular weight excluding hydrogens is 234 g/mol. The van der Waals surface area contributed by atoms with Gasteiger partial charge in [0, 0.05) is 24.2 Å². The first-order chi connectivity index (χ1) is 8.61. The Kier molecular flexibility index (Phi) is 3.33. The smallest absolute Gasteiger partial charge is 0.270 e. The summed E-state index contributed by atoms with van der Waals surface area (Å²) < 4.78 is 1.65. The van der Waals surface area contributed by atoms with Crippen LogP contribution in [0.2, 0.25) is 0 Å². The van der Waals surface area contributed by atoms with Crippen LogP contribution in [0.5, 0.6) is 0 Å². The van der Waals surface area contributed by atoms with Gasteiger partial charge in [-0.1, -0.05) is 12.1 Å². The second-order valence-electron chi connectivity index (χ2n) is 3.94. The zero-order valence-electron chi connectivity index (χ0n) is 9.85. The van der Waals surface area contributed by atoms with Crippen LogP contribution in [-0.2, 0) is 0 Å². The number of nitro groups is 1. The van der Waals surface area contributed by atoms with Crippen molar-refractivity contribution in [3.63, 3.8) is 0 Å². The normalized spacial score (nSPS) is 12.3. The van der Waals surface area contributed by atoms with E-state index in [1.165, 1.54) is 12.1 Å². The third-order valence-electron chi connectivity index (χ3n) is 2.62. The molecule has 7 nitrogen and oxygen atoms in total. The fourth-order valence-electron chi connectivity index (χ4n) is 1.49. The summed E-state index contributed by atoms with van der Waals surface area (Å²) in [5.74, 6) is 0.457. The summed E-state index contributed by atoms with van der Waals surface area (Å²) >= 11 is 0. The van der Waals surface area contributed by atoms with Gasteiger partial charge in [-0.05, 0) is 6.92 Å². The van der Waals surface area contributed by atoms with Crippen molar-refractivity contribution in [3.05, 3.63) is 40.7 Å². The van der Waals surface area contributed by atoms with Crippen LogP contribution in [0.15, 0.2) is 30.6 Å². The topological polar surface area (TPSA) is 99.9 Å². The second-order valence-corrected chi connectivity index (χ2v) is 3.94. The van der Waals surface area contributed by atoms with Gasteiger partial charge in [0.2, 0.25) is 0 Å². The first-order valence-electron chi connectivity index (χ1n) is 5.48. The van der Waals surface area contributed by atoms with Crippen molar-refractivity contribution in [2.45, 2.75) is 13.0 Å². The van der Waals surface area contributed by atoms with Crippen molar-refractivity contribution in [1.82, 2.24) is 14.8 Å². The van der Waals surface area contributed by atoms with Gasteiger partial charge >= 0.3 is 0 Å². The quantitative estimate of drug-likeness (QED) is 0.649. The second kappa shape index (κ2) is 4.92. The predicted octanol–water partition coefficient (Wildman–Crippen LogP) is 1.37. The monoisotopic (exact) mass is 247 g/mol. The first kappa shape index (κ1) is 12.2. The molecule has 0 amide bonds. The van der Waals surface area contributed by atoms with Gasteiger partial charge in [0.1, 0.15) is 6.33 Å². The van der Waals surface area contributed by atoms with Crippen LogP contribution in [0.1, 0.15) is 13.0 Å². The number of hydrogen-bond acceptors (Lipinski definition) is 5. The summed E-state index contributed by atoms with van der Waals surface area (Å²) in [5, 5.41) is 14.9. The number of nitrogens with zero attached hydrogens (tertiary/aromatic N) is 4. The van der Waals surface area contributed by atoms with E-state index in [4.69, 9.17) is 5.73 Å². The molecule has 7 heteroatoms. The van der Waals surface area contributed by atoms with E-state index >= 15 is 0 Å². The van der Waals surface area contributed by atoms with Crippen LogP contribution in [0.4, 0.5) is 5.69 Å². The summed E-state index contributed by atoms with van der Waals surface area (Å²) in [6.45, 7) is 2.38. The molecular formula is C11H13N5O2. The lowest BCUT2D eigenvalue weighted by Crippen LogP contribution is -2.16. The van der Waals surface area contributed by atoms with Crippen molar-refractivity contribution in [2.24, 2.45) is 5.73 Å². The molecule has 0 spiro atoms. The first-order valence-corrected chi connectivity index (χ1v) is 5.48. The summed E-state index contributed by atoms with van der Waals surface area (Å²) in [6.07, 6.45) is 1.58. The maximum atomic E-state index is 10.7. The van der Waals surface area contributed by atoms with E-state index in [9.17, 15) is 10.1 Å². The molecule has 0 aliphatic heterocycles. The van der Waals surface area contributed by atoms with Crippen molar-refractivity contribution >= 4 is 5.69 Å². The van der Waals surface area contributed by atoms with Gasteiger partial charge in [-0.25, -0.2) is 9.67 Å². The van der Waals surface area contributed by atoms with Gasteiger partial charge in [0.05, 0.1) is 11.0 Å². The highest BCUT2D eigenvalue weighted by Crippen LogP contribution is 2.20. The Bertz CT molecular complexity index is 566. The molecule has 0 aliphatic rings. The molecule has 1 aromatic carbocycles. The number of benzene rings is 1. The number of nitrogens with two attached hydrogens (primary N) is 1. The van der Waals surface area contributed by atoms with E-state index in [1.807, 2.05) is 6.92 Å². The fraction of sp³-hybridized carbons (Fsp3) is 0.273.